The van der Waals surface area contributed by atoms with Crippen molar-refractivity contribution < 1.29 is 0 Å². The van der Waals surface area contributed by atoms with Crippen molar-refractivity contribution in [1.82, 2.24) is 0 Å². The summed E-state index contributed by atoms with van der Waals surface area (Å²) in [6.07, 6.45) is 5.13. The summed E-state index contributed by atoms with van der Waals surface area (Å²) in [5.41, 5.74) is 1.03. The molecular weight excluding hydrogens is 181 g/mol. The largest absolute Gasteiger partial charge is 0.245 e. The molecule has 0 spiro atoms. The predicted octanol–water partition coefficient (Wildman–Crippen LogP) is 3.44. The monoisotopic (exact) mass is 189 g/mol. The van der Waals surface area contributed by atoms with Crippen LogP contribution in [0.25, 0.3) is 0 Å². The molecule has 0 fully saturated rings. The third-order valence-electron chi connectivity index (χ3n) is 1.45. The van der Waals surface area contributed by atoms with E-state index in [9.17, 15) is 0 Å². The minimum atomic E-state index is 0.512. The lowest BCUT2D eigenvalue weighted by Gasteiger charge is -1.98. The van der Waals surface area contributed by atoms with Crippen molar-refractivity contribution in [2.45, 2.75) is 19.8 Å². The van der Waals surface area contributed by atoms with Gasteiger partial charge in [0.15, 0.2) is 0 Å². The van der Waals surface area contributed by atoms with Crippen molar-refractivity contribution in [2.75, 3.05) is 0 Å². The molecule has 1 aliphatic rings. The van der Waals surface area contributed by atoms with Gasteiger partial charge in [-0.05, 0) is 18.6 Å². The lowest BCUT2D eigenvalue weighted by atomic mass is 10.2. The van der Waals surface area contributed by atoms with E-state index in [1.807, 2.05) is 6.92 Å². The molecule has 60 valence electrons. The average Bonchev–Trinajstić information content (AvgIpc) is 2.13. The van der Waals surface area contributed by atoms with E-state index in [4.69, 9.17) is 23.2 Å². The van der Waals surface area contributed by atoms with Crippen molar-refractivity contribution in [3.63, 3.8) is 0 Å². The fourth-order valence-corrected chi connectivity index (χ4v) is 1.24. The third-order valence-corrected chi connectivity index (χ3v) is 1.92. The minimum absolute atomic E-state index is 0.512. The summed E-state index contributed by atoms with van der Waals surface area (Å²) in [5.74, 6) is 0. The third kappa shape index (κ3) is 2.68. The SMILES string of the molecule is CCC1=NC(Cl)=CC=C(Cl)C1. The average molecular weight is 190 g/mol. The van der Waals surface area contributed by atoms with Crippen molar-refractivity contribution >= 4 is 28.9 Å². The molecule has 0 radical (unpaired) electrons. The second-order valence-corrected chi connectivity index (χ2v) is 3.18. The molecule has 0 aromatic rings. The zero-order valence-corrected chi connectivity index (χ0v) is 7.78. The van der Waals surface area contributed by atoms with Crippen LogP contribution < -0.4 is 0 Å². The Kier molecular flexibility index (Phi) is 3.16. The van der Waals surface area contributed by atoms with Crippen molar-refractivity contribution in [3.8, 4) is 0 Å². The lowest BCUT2D eigenvalue weighted by Crippen LogP contribution is -1.94. The van der Waals surface area contributed by atoms with Crippen molar-refractivity contribution in [1.29, 1.82) is 0 Å². The summed E-state index contributed by atoms with van der Waals surface area (Å²) in [6.45, 7) is 2.04. The summed E-state index contributed by atoms with van der Waals surface area (Å²) >= 11 is 11.6. The van der Waals surface area contributed by atoms with E-state index in [0.29, 0.717) is 5.16 Å². The number of halogens is 2. The van der Waals surface area contributed by atoms with Gasteiger partial charge in [0, 0.05) is 17.2 Å². The zero-order valence-electron chi connectivity index (χ0n) is 6.27. The van der Waals surface area contributed by atoms with Crippen LogP contribution in [0.4, 0.5) is 0 Å². The summed E-state index contributed by atoms with van der Waals surface area (Å²) < 4.78 is 0. The van der Waals surface area contributed by atoms with Crippen LogP contribution in [-0.4, -0.2) is 5.71 Å². The molecular formula is C8H9Cl2N. The molecule has 1 rings (SSSR count). The molecule has 0 atom stereocenters. The first-order valence-electron chi connectivity index (χ1n) is 3.50. The van der Waals surface area contributed by atoms with Crippen molar-refractivity contribution in [2.24, 2.45) is 4.99 Å². The molecule has 0 saturated carbocycles. The Bertz CT molecular complexity index is 238. The Hall–Kier alpha value is -0.270. The number of rotatable bonds is 1. The van der Waals surface area contributed by atoms with Gasteiger partial charge in [-0.3, -0.25) is 0 Å². The van der Waals surface area contributed by atoms with Crippen LogP contribution in [0, 0.1) is 0 Å². The van der Waals surface area contributed by atoms with E-state index >= 15 is 0 Å². The Morgan fingerprint density at radius 3 is 2.82 bits per heavy atom. The molecule has 0 N–H and O–H groups in total. The zero-order chi connectivity index (χ0) is 8.27. The number of nitrogens with zero attached hydrogens (tertiary/aromatic N) is 1. The second-order valence-electron chi connectivity index (χ2n) is 2.31. The molecule has 0 aliphatic carbocycles. The maximum Gasteiger partial charge on any atom is 0.129 e. The van der Waals surface area contributed by atoms with Gasteiger partial charge in [-0.2, -0.15) is 0 Å². The van der Waals surface area contributed by atoms with Crippen LogP contribution in [0.15, 0.2) is 27.3 Å². The van der Waals surface area contributed by atoms with Gasteiger partial charge >= 0.3 is 0 Å². The first kappa shape index (κ1) is 8.82. The summed E-state index contributed by atoms with van der Waals surface area (Å²) in [6, 6.07) is 0. The second kappa shape index (κ2) is 3.93. The highest BCUT2D eigenvalue weighted by molar-refractivity contribution is 6.33. The molecule has 1 heterocycles. The van der Waals surface area contributed by atoms with E-state index in [-0.39, 0.29) is 0 Å². The molecule has 11 heavy (non-hydrogen) atoms. The van der Waals surface area contributed by atoms with Gasteiger partial charge < -0.3 is 0 Å². The van der Waals surface area contributed by atoms with Crippen LogP contribution in [0.1, 0.15) is 19.8 Å². The maximum absolute atomic E-state index is 5.84. The standard InChI is InChI=1S/C8H9Cl2N/c1-2-7-5-6(9)3-4-8(10)11-7/h3-4H,2,5H2,1H3. The van der Waals surface area contributed by atoms with Crippen LogP contribution in [0.3, 0.4) is 0 Å². The fraction of sp³-hybridized carbons (Fsp3) is 0.375. The first-order valence-corrected chi connectivity index (χ1v) is 4.26. The van der Waals surface area contributed by atoms with Crippen LogP contribution in [0.2, 0.25) is 0 Å². The normalized spacial score (nSPS) is 18.3. The molecule has 0 aromatic carbocycles. The van der Waals surface area contributed by atoms with E-state index in [1.165, 1.54) is 0 Å². The van der Waals surface area contributed by atoms with Gasteiger partial charge in [-0.1, -0.05) is 30.1 Å². The molecule has 0 bridgehead atoms. The van der Waals surface area contributed by atoms with E-state index < -0.39 is 0 Å². The highest BCUT2D eigenvalue weighted by Gasteiger charge is 2.03. The summed E-state index contributed by atoms with van der Waals surface area (Å²) in [7, 11) is 0. The van der Waals surface area contributed by atoms with Crippen LogP contribution >= 0.6 is 23.2 Å². The van der Waals surface area contributed by atoms with Gasteiger partial charge in [0.25, 0.3) is 0 Å². The van der Waals surface area contributed by atoms with Gasteiger partial charge in [0.1, 0.15) is 5.16 Å². The van der Waals surface area contributed by atoms with Crippen molar-refractivity contribution in [3.05, 3.63) is 22.3 Å². The topological polar surface area (TPSA) is 12.4 Å². The Morgan fingerprint density at radius 1 is 1.45 bits per heavy atom. The first-order chi connectivity index (χ1) is 5.22. The highest BCUT2D eigenvalue weighted by atomic mass is 35.5. The Balaban J connectivity index is 2.86. The number of allylic oxidation sites excluding steroid dienone is 3. The quantitative estimate of drug-likeness (QED) is 0.561. The molecule has 1 nitrogen and oxygen atoms in total. The maximum atomic E-state index is 5.84. The van der Waals surface area contributed by atoms with Crippen LogP contribution in [-0.2, 0) is 0 Å². The van der Waals surface area contributed by atoms with Gasteiger partial charge in [-0.15, -0.1) is 0 Å². The molecule has 0 unspecified atom stereocenters. The Labute approximate surface area is 76.4 Å². The van der Waals surface area contributed by atoms with E-state index in [0.717, 1.165) is 23.6 Å². The summed E-state index contributed by atoms with van der Waals surface area (Å²) in [5, 5.41) is 1.30. The van der Waals surface area contributed by atoms with E-state index in [2.05, 4.69) is 4.99 Å². The number of hydrogen-bond donors (Lipinski definition) is 0. The summed E-state index contributed by atoms with van der Waals surface area (Å²) in [4.78, 5) is 4.15. The van der Waals surface area contributed by atoms with Gasteiger partial charge in [0.2, 0.25) is 0 Å². The smallest absolute Gasteiger partial charge is 0.129 e. The highest BCUT2D eigenvalue weighted by Crippen LogP contribution is 2.18. The van der Waals surface area contributed by atoms with Gasteiger partial charge in [-0.25, -0.2) is 4.99 Å². The predicted molar refractivity (Wildman–Crippen MR) is 50.2 cm³/mol. The molecule has 3 heteroatoms. The molecule has 0 aromatic heterocycles. The van der Waals surface area contributed by atoms with Crippen LogP contribution in [0.5, 0.6) is 0 Å². The van der Waals surface area contributed by atoms with Gasteiger partial charge in [0.05, 0.1) is 0 Å². The molecule has 1 aliphatic heterocycles. The molecule has 0 amide bonds. The fourth-order valence-electron chi connectivity index (χ4n) is 0.845. The molecule has 0 saturated heterocycles. The number of aliphatic imine (C=N–C) groups is 1. The number of hydrogen-bond acceptors (Lipinski definition) is 1. The van der Waals surface area contributed by atoms with E-state index in [1.54, 1.807) is 12.2 Å². The Morgan fingerprint density at radius 2 is 2.18 bits per heavy atom. The minimum Gasteiger partial charge on any atom is -0.245 e. The lowest BCUT2D eigenvalue weighted by molar-refractivity contribution is 1.20.